The van der Waals surface area contributed by atoms with Crippen LogP contribution in [0.5, 0.6) is 5.75 Å². The smallest absolute Gasteiger partial charge is 0.287 e. The Morgan fingerprint density at radius 3 is 2.77 bits per heavy atom. The minimum Gasteiger partial charge on any atom is -0.486 e. The van der Waals surface area contributed by atoms with Crippen LogP contribution in [0.25, 0.3) is 11.0 Å². The number of ether oxygens (including phenoxy) is 1. The molecule has 5 nitrogen and oxygen atoms in total. The monoisotopic (exact) mass is 429 g/mol. The van der Waals surface area contributed by atoms with Crippen molar-refractivity contribution in [3.8, 4) is 5.75 Å². The Kier molecular flexibility index (Phi) is 6.42. The lowest BCUT2D eigenvalue weighted by molar-refractivity contribution is 0.0139. The molecule has 0 unspecified atom stereocenters. The summed E-state index contributed by atoms with van der Waals surface area (Å²) in [6.45, 7) is 4.65. The molecule has 2 aliphatic rings. The van der Waals surface area contributed by atoms with Gasteiger partial charge in [-0.2, -0.15) is 11.8 Å². The van der Waals surface area contributed by atoms with E-state index in [1.807, 2.05) is 30.8 Å². The Bertz CT molecular complexity index is 942. The van der Waals surface area contributed by atoms with Gasteiger partial charge < -0.3 is 14.5 Å². The van der Waals surface area contributed by atoms with Gasteiger partial charge in [-0.3, -0.25) is 9.59 Å². The number of fused-ring (bicyclic) bond motifs is 3. The lowest BCUT2D eigenvalue weighted by Crippen LogP contribution is -2.43. The molecule has 6 heteroatoms. The highest BCUT2D eigenvalue weighted by molar-refractivity contribution is 7.99. The van der Waals surface area contributed by atoms with Gasteiger partial charge in [-0.05, 0) is 69.1 Å². The van der Waals surface area contributed by atoms with Gasteiger partial charge in [0.25, 0.3) is 5.91 Å². The number of Topliss-reactive ketones (excluding diaryl/α,β-unsaturated/α-hetero) is 1. The third-order valence-corrected chi connectivity index (χ3v) is 7.49. The zero-order valence-electron chi connectivity index (χ0n) is 18.0. The number of amides is 1. The fraction of sp³-hybridized carbons (Fsp3) is 0.583. The third kappa shape index (κ3) is 4.11. The first-order chi connectivity index (χ1) is 14.5. The number of rotatable bonds is 7. The Morgan fingerprint density at radius 2 is 2.00 bits per heavy atom. The average molecular weight is 430 g/mol. The molecule has 0 bridgehead atoms. The van der Waals surface area contributed by atoms with Crippen LogP contribution < -0.4 is 10.1 Å². The van der Waals surface area contributed by atoms with Crippen molar-refractivity contribution in [1.82, 2.24) is 5.32 Å². The van der Waals surface area contributed by atoms with Crippen LogP contribution >= 0.6 is 11.8 Å². The van der Waals surface area contributed by atoms with Gasteiger partial charge in [-0.15, -0.1) is 0 Å². The highest BCUT2D eigenvalue weighted by Crippen LogP contribution is 2.45. The van der Waals surface area contributed by atoms with E-state index >= 15 is 0 Å². The highest BCUT2D eigenvalue weighted by atomic mass is 32.2. The Balaban J connectivity index is 1.54. The van der Waals surface area contributed by atoms with Crippen molar-refractivity contribution < 1.29 is 18.7 Å². The normalized spacial score (nSPS) is 17.7. The second-order valence-electron chi connectivity index (χ2n) is 8.54. The van der Waals surface area contributed by atoms with Crippen LogP contribution in [0.2, 0.25) is 0 Å². The quantitative estimate of drug-likeness (QED) is 0.574. The van der Waals surface area contributed by atoms with E-state index in [0.29, 0.717) is 35.6 Å². The number of ketones is 1. The van der Waals surface area contributed by atoms with Crippen LogP contribution in [0.4, 0.5) is 0 Å². The molecule has 1 aliphatic carbocycles. The van der Waals surface area contributed by atoms with E-state index in [2.05, 4.69) is 12.2 Å². The molecule has 1 aromatic carbocycles. The molecule has 1 aliphatic heterocycles. The van der Waals surface area contributed by atoms with Crippen LogP contribution in [0.15, 0.2) is 16.5 Å². The summed E-state index contributed by atoms with van der Waals surface area (Å²) in [5.41, 5.74) is 1.53. The number of hydrogen-bond donors (Lipinski definition) is 1. The molecule has 30 heavy (non-hydrogen) atoms. The second kappa shape index (κ2) is 9.04. The van der Waals surface area contributed by atoms with E-state index in [1.54, 1.807) is 0 Å². The van der Waals surface area contributed by atoms with E-state index in [1.165, 1.54) is 12.8 Å². The molecular formula is C24H31NO4S. The van der Waals surface area contributed by atoms with Crippen molar-refractivity contribution in [1.29, 1.82) is 0 Å². The summed E-state index contributed by atoms with van der Waals surface area (Å²) in [5, 5.41) is 3.68. The standard InChI is InChI=1S/C24H31NO4S/c1-3-13-30-14-7-12-25-23(27)22-16(2)20-18(28-22)8-9-19-21(20)17(26)15-24(29-19)10-5-4-6-11-24/h8-9H,3-7,10-15H2,1-2H3,(H,25,27). The number of nitrogens with one attached hydrogen (secondary N) is 1. The summed E-state index contributed by atoms with van der Waals surface area (Å²) in [6.07, 6.45) is 7.81. The minimum atomic E-state index is -0.344. The van der Waals surface area contributed by atoms with E-state index in [9.17, 15) is 9.59 Å². The molecule has 4 rings (SSSR count). The van der Waals surface area contributed by atoms with Crippen LogP contribution in [0, 0.1) is 6.92 Å². The van der Waals surface area contributed by atoms with Crippen LogP contribution in [0.1, 0.15) is 84.8 Å². The fourth-order valence-electron chi connectivity index (χ4n) is 4.73. The summed E-state index contributed by atoms with van der Waals surface area (Å²) in [7, 11) is 0. The summed E-state index contributed by atoms with van der Waals surface area (Å²) in [6, 6.07) is 3.66. The SMILES string of the molecule is CCCSCCCNC(=O)c1oc2ccc3c(c2c1C)C(=O)CC1(CCCCC1)O3. The molecule has 1 fully saturated rings. The minimum absolute atomic E-state index is 0.104. The average Bonchev–Trinajstić information content (AvgIpc) is 3.07. The predicted molar refractivity (Wildman–Crippen MR) is 121 cm³/mol. The van der Waals surface area contributed by atoms with Gasteiger partial charge in [0, 0.05) is 17.5 Å². The van der Waals surface area contributed by atoms with Gasteiger partial charge in [0.2, 0.25) is 0 Å². The molecule has 162 valence electrons. The summed E-state index contributed by atoms with van der Waals surface area (Å²) in [5.74, 6) is 3.02. The van der Waals surface area contributed by atoms with E-state index in [4.69, 9.17) is 9.15 Å². The van der Waals surface area contributed by atoms with Gasteiger partial charge >= 0.3 is 0 Å². The van der Waals surface area contributed by atoms with Crippen molar-refractivity contribution in [2.45, 2.75) is 70.8 Å². The van der Waals surface area contributed by atoms with Gasteiger partial charge in [-0.25, -0.2) is 0 Å². The zero-order chi connectivity index (χ0) is 21.1. The highest BCUT2D eigenvalue weighted by Gasteiger charge is 2.42. The molecule has 1 saturated carbocycles. The first-order valence-corrected chi connectivity index (χ1v) is 12.3. The summed E-state index contributed by atoms with van der Waals surface area (Å²) >= 11 is 1.91. The lowest BCUT2D eigenvalue weighted by atomic mass is 9.78. The van der Waals surface area contributed by atoms with Crippen molar-refractivity contribution >= 4 is 34.4 Å². The number of aryl methyl sites for hydroxylation is 1. The Hall–Kier alpha value is -1.95. The number of hydrogen-bond acceptors (Lipinski definition) is 5. The van der Waals surface area contributed by atoms with Gasteiger partial charge in [0.1, 0.15) is 16.9 Å². The number of thioether (sulfide) groups is 1. The van der Waals surface area contributed by atoms with Crippen LogP contribution in [-0.2, 0) is 0 Å². The molecule has 0 saturated heterocycles. The molecule has 1 aromatic heterocycles. The Labute approximate surface area is 182 Å². The van der Waals surface area contributed by atoms with Gasteiger partial charge in [0.05, 0.1) is 12.0 Å². The van der Waals surface area contributed by atoms with Crippen LogP contribution in [0.3, 0.4) is 0 Å². The van der Waals surface area contributed by atoms with Gasteiger partial charge in [-0.1, -0.05) is 13.3 Å². The van der Waals surface area contributed by atoms with Crippen molar-refractivity contribution in [3.05, 3.63) is 29.0 Å². The van der Waals surface area contributed by atoms with Crippen molar-refractivity contribution in [2.24, 2.45) is 0 Å². The molecule has 0 atom stereocenters. The fourth-order valence-corrected chi connectivity index (χ4v) is 5.57. The molecular weight excluding hydrogens is 398 g/mol. The van der Waals surface area contributed by atoms with E-state index in [-0.39, 0.29) is 17.3 Å². The van der Waals surface area contributed by atoms with Crippen molar-refractivity contribution in [3.63, 3.8) is 0 Å². The molecule has 1 amide bonds. The molecule has 1 N–H and O–H groups in total. The largest absolute Gasteiger partial charge is 0.486 e. The van der Waals surface area contributed by atoms with E-state index in [0.717, 1.165) is 54.6 Å². The Morgan fingerprint density at radius 1 is 1.20 bits per heavy atom. The van der Waals surface area contributed by atoms with Crippen molar-refractivity contribution in [2.75, 3.05) is 18.1 Å². The predicted octanol–water partition coefficient (Wildman–Crippen LogP) is 5.67. The molecule has 1 spiro atoms. The third-order valence-electron chi connectivity index (χ3n) is 6.22. The molecule has 2 aromatic rings. The second-order valence-corrected chi connectivity index (χ2v) is 9.76. The van der Waals surface area contributed by atoms with Gasteiger partial charge in [0.15, 0.2) is 11.5 Å². The topological polar surface area (TPSA) is 68.5 Å². The maximum atomic E-state index is 13.2. The number of benzene rings is 1. The zero-order valence-corrected chi connectivity index (χ0v) is 18.8. The maximum Gasteiger partial charge on any atom is 0.287 e. The lowest BCUT2D eigenvalue weighted by Gasteiger charge is -2.40. The number of carbonyl (C=O) groups is 2. The first kappa shape index (κ1) is 21.3. The first-order valence-electron chi connectivity index (χ1n) is 11.2. The van der Waals surface area contributed by atoms with Crippen LogP contribution in [-0.4, -0.2) is 35.3 Å². The number of carbonyl (C=O) groups excluding carboxylic acids is 2. The number of furan rings is 1. The van der Waals surface area contributed by atoms with E-state index < -0.39 is 0 Å². The molecule has 0 radical (unpaired) electrons. The maximum absolute atomic E-state index is 13.2. The summed E-state index contributed by atoms with van der Waals surface area (Å²) < 4.78 is 12.3. The summed E-state index contributed by atoms with van der Waals surface area (Å²) in [4.78, 5) is 25.9. The molecule has 2 heterocycles.